The Kier molecular flexibility index (Phi) is 4.50. The molecule has 5 rings (SSSR count). The van der Waals surface area contributed by atoms with Crippen molar-refractivity contribution in [3.05, 3.63) is 60.6 Å². The number of nitrogens with one attached hydrogen (secondary N) is 1. The van der Waals surface area contributed by atoms with Crippen LogP contribution in [0.3, 0.4) is 0 Å². The van der Waals surface area contributed by atoms with Crippen LogP contribution in [0.4, 0.5) is 30.9 Å². The van der Waals surface area contributed by atoms with Gasteiger partial charge in [0, 0.05) is 24.8 Å². The Morgan fingerprint density at radius 1 is 1.10 bits per heavy atom. The third-order valence-corrected chi connectivity index (χ3v) is 5.37. The summed E-state index contributed by atoms with van der Waals surface area (Å²) in [5.41, 5.74) is 1.91. The maximum Gasteiger partial charge on any atom is 0.329 e. The lowest BCUT2D eigenvalue weighted by Gasteiger charge is -2.45. The van der Waals surface area contributed by atoms with Crippen LogP contribution in [0, 0.1) is 11.6 Å². The van der Waals surface area contributed by atoms with Gasteiger partial charge in [0.2, 0.25) is 0 Å². The van der Waals surface area contributed by atoms with Gasteiger partial charge >= 0.3 is 6.03 Å². The van der Waals surface area contributed by atoms with Crippen LogP contribution in [-0.4, -0.2) is 40.1 Å². The van der Waals surface area contributed by atoms with Gasteiger partial charge in [-0.15, -0.1) is 0 Å². The molecule has 9 heteroatoms. The molecular formula is C21H18F2N6O. The number of amides is 2. The van der Waals surface area contributed by atoms with Gasteiger partial charge in [0.1, 0.15) is 17.5 Å². The molecule has 2 aliphatic rings. The number of carbonyl (C=O) groups is 1. The van der Waals surface area contributed by atoms with E-state index in [1.165, 1.54) is 24.4 Å². The van der Waals surface area contributed by atoms with Crippen LogP contribution in [0.5, 0.6) is 0 Å². The van der Waals surface area contributed by atoms with Crippen molar-refractivity contribution in [2.45, 2.75) is 18.9 Å². The van der Waals surface area contributed by atoms with Crippen molar-refractivity contribution in [1.82, 2.24) is 15.0 Å². The van der Waals surface area contributed by atoms with E-state index in [2.05, 4.69) is 20.2 Å². The van der Waals surface area contributed by atoms with Gasteiger partial charge < -0.3 is 4.90 Å². The predicted molar refractivity (Wildman–Crippen MR) is 108 cm³/mol. The second-order valence-electron chi connectivity index (χ2n) is 7.33. The first kappa shape index (κ1) is 18.4. The summed E-state index contributed by atoms with van der Waals surface area (Å²) < 4.78 is 26.8. The molecule has 2 bridgehead atoms. The van der Waals surface area contributed by atoms with Crippen molar-refractivity contribution < 1.29 is 13.6 Å². The average Bonchev–Trinajstić information content (AvgIpc) is 2.75. The SMILES string of the molecule is O=C(Nc1ccc(F)cn1)N1c2nc(-c3cncc(F)c3)ccc2N2CCC[C@H]1C2. The minimum absolute atomic E-state index is 0.0555. The molecule has 3 aromatic rings. The monoisotopic (exact) mass is 408 g/mol. The molecule has 5 heterocycles. The number of nitrogens with zero attached hydrogens (tertiary/aromatic N) is 5. The van der Waals surface area contributed by atoms with E-state index in [9.17, 15) is 13.6 Å². The standard InChI is InChI=1S/C21H18F2N6O/c22-14-3-6-19(25-11-14)27-21(30)29-16-2-1-7-28(12-16)18-5-4-17(26-20(18)29)13-8-15(23)10-24-9-13/h3-6,8-11,16H,1-2,7,12H2,(H,25,27,30)/t16-/m0/s1. The molecule has 1 saturated heterocycles. The molecule has 2 amide bonds. The van der Waals surface area contributed by atoms with Gasteiger partial charge in [-0.25, -0.2) is 23.5 Å². The minimum atomic E-state index is -0.478. The molecule has 3 aromatic heterocycles. The molecule has 0 radical (unpaired) electrons. The van der Waals surface area contributed by atoms with E-state index in [1.807, 2.05) is 12.1 Å². The first-order valence-corrected chi connectivity index (χ1v) is 9.67. The number of halogens is 2. The minimum Gasteiger partial charge on any atom is -0.366 e. The molecule has 0 spiro atoms. The van der Waals surface area contributed by atoms with E-state index < -0.39 is 11.6 Å². The number of carbonyl (C=O) groups excluding carboxylic acids is 1. The smallest absolute Gasteiger partial charge is 0.329 e. The van der Waals surface area contributed by atoms with Crippen molar-refractivity contribution in [3.8, 4) is 11.3 Å². The van der Waals surface area contributed by atoms with E-state index in [4.69, 9.17) is 4.98 Å². The third-order valence-electron chi connectivity index (χ3n) is 5.37. The molecule has 0 unspecified atom stereocenters. The molecule has 1 atom stereocenters. The molecule has 0 saturated carbocycles. The van der Waals surface area contributed by atoms with Gasteiger partial charge in [0.05, 0.1) is 29.8 Å². The molecular weight excluding hydrogens is 390 g/mol. The van der Waals surface area contributed by atoms with E-state index in [-0.39, 0.29) is 17.9 Å². The van der Waals surface area contributed by atoms with Crippen LogP contribution in [0.2, 0.25) is 0 Å². The zero-order valence-corrected chi connectivity index (χ0v) is 15.9. The van der Waals surface area contributed by atoms with E-state index in [1.54, 1.807) is 4.90 Å². The van der Waals surface area contributed by atoms with Crippen molar-refractivity contribution in [2.75, 3.05) is 28.2 Å². The van der Waals surface area contributed by atoms with Crippen molar-refractivity contribution >= 4 is 23.4 Å². The zero-order valence-electron chi connectivity index (χ0n) is 15.9. The van der Waals surface area contributed by atoms with Gasteiger partial charge in [-0.1, -0.05) is 0 Å². The maximum atomic E-state index is 13.6. The first-order valence-electron chi connectivity index (χ1n) is 9.67. The zero-order chi connectivity index (χ0) is 20.7. The Hall–Kier alpha value is -3.62. The van der Waals surface area contributed by atoms with Crippen molar-refractivity contribution in [1.29, 1.82) is 0 Å². The Labute approximate surface area is 171 Å². The van der Waals surface area contributed by atoms with Crippen LogP contribution in [0.15, 0.2) is 48.9 Å². The molecule has 1 N–H and O–H groups in total. The van der Waals surface area contributed by atoms with Crippen LogP contribution in [-0.2, 0) is 0 Å². The van der Waals surface area contributed by atoms with Crippen molar-refractivity contribution in [3.63, 3.8) is 0 Å². The average molecular weight is 408 g/mol. The first-order chi connectivity index (χ1) is 14.6. The summed E-state index contributed by atoms with van der Waals surface area (Å²) in [7, 11) is 0. The largest absolute Gasteiger partial charge is 0.366 e. The fraction of sp³-hybridized carbons (Fsp3) is 0.238. The Morgan fingerprint density at radius 3 is 2.80 bits per heavy atom. The van der Waals surface area contributed by atoms with Crippen LogP contribution >= 0.6 is 0 Å². The van der Waals surface area contributed by atoms with Crippen LogP contribution < -0.4 is 15.1 Å². The molecule has 152 valence electrons. The summed E-state index contributed by atoms with van der Waals surface area (Å²) in [4.78, 5) is 29.5. The molecule has 0 aromatic carbocycles. The Bertz CT molecular complexity index is 1110. The van der Waals surface area contributed by atoms with Gasteiger partial charge in [0.25, 0.3) is 0 Å². The summed E-state index contributed by atoms with van der Waals surface area (Å²) in [6.07, 6.45) is 5.52. The highest BCUT2D eigenvalue weighted by atomic mass is 19.1. The van der Waals surface area contributed by atoms with E-state index in [0.29, 0.717) is 23.6 Å². The molecule has 2 aliphatic heterocycles. The summed E-state index contributed by atoms with van der Waals surface area (Å²) >= 11 is 0. The maximum absolute atomic E-state index is 13.6. The summed E-state index contributed by atoms with van der Waals surface area (Å²) in [6.45, 7) is 1.60. The van der Waals surface area contributed by atoms with E-state index in [0.717, 1.165) is 37.5 Å². The molecule has 0 aliphatic carbocycles. The quantitative estimate of drug-likeness (QED) is 0.698. The van der Waals surface area contributed by atoms with Gasteiger partial charge in [-0.2, -0.15) is 0 Å². The Balaban J connectivity index is 1.54. The van der Waals surface area contributed by atoms with Crippen LogP contribution in [0.1, 0.15) is 12.8 Å². The number of piperidine rings is 1. The number of hydrogen-bond acceptors (Lipinski definition) is 5. The Morgan fingerprint density at radius 2 is 2.00 bits per heavy atom. The van der Waals surface area contributed by atoms with Crippen LogP contribution in [0.25, 0.3) is 11.3 Å². The summed E-state index contributed by atoms with van der Waals surface area (Å²) in [6, 6.07) is 7.28. The lowest BCUT2D eigenvalue weighted by Crippen LogP contribution is -2.56. The molecule has 30 heavy (non-hydrogen) atoms. The molecule has 1 fully saturated rings. The fourth-order valence-corrected chi connectivity index (χ4v) is 4.02. The number of urea groups is 1. The third kappa shape index (κ3) is 3.32. The van der Waals surface area contributed by atoms with Crippen molar-refractivity contribution in [2.24, 2.45) is 0 Å². The highest BCUT2D eigenvalue weighted by Crippen LogP contribution is 2.39. The van der Waals surface area contributed by atoms with Gasteiger partial charge in [-0.3, -0.25) is 15.2 Å². The van der Waals surface area contributed by atoms with E-state index >= 15 is 0 Å². The predicted octanol–water partition coefficient (Wildman–Crippen LogP) is 3.84. The summed E-state index contributed by atoms with van der Waals surface area (Å²) in [5.74, 6) is -0.169. The number of rotatable bonds is 2. The second kappa shape index (κ2) is 7.33. The lowest BCUT2D eigenvalue weighted by molar-refractivity contribution is 0.252. The number of hydrogen-bond donors (Lipinski definition) is 1. The number of anilines is 3. The normalized spacial score (nSPS) is 17.5. The van der Waals surface area contributed by atoms with Gasteiger partial charge in [0.15, 0.2) is 5.82 Å². The van der Waals surface area contributed by atoms with Gasteiger partial charge in [-0.05, 0) is 43.2 Å². The second-order valence-corrected chi connectivity index (χ2v) is 7.33. The number of aromatic nitrogens is 3. The summed E-state index contributed by atoms with van der Waals surface area (Å²) in [5, 5.41) is 2.73. The highest BCUT2D eigenvalue weighted by Gasteiger charge is 2.38. The number of pyridine rings is 3. The highest BCUT2D eigenvalue weighted by molar-refractivity contribution is 6.04. The fourth-order valence-electron chi connectivity index (χ4n) is 4.02. The lowest BCUT2D eigenvalue weighted by atomic mass is 9.99. The molecule has 7 nitrogen and oxygen atoms in total. The topological polar surface area (TPSA) is 74.2 Å². The number of fused-ring (bicyclic) bond motifs is 4.